The van der Waals surface area contributed by atoms with Crippen LogP contribution < -0.4 is 0 Å². The molecule has 14 aromatic carbocycles. The van der Waals surface area contributed by atoms with E-state index in [9.17, 15) is 0 Å². The Morgan fingerprint density at radius 3 is 1.09 bits per heavy atom. The van der Waals surface area contributed by atoms with Crippen molar-refractivity contribution in [1.29, 1.82) is 0 Å². The van der Waals surface area contributed by atoms with Gasteiger partial charge in [0, 0.05) is 32.9 Å². The maximum atomic E-state index is 2.42. The minimum Gasteiger partial charge on any atom is -0.309 e. The average molecular weight is 1110 g/mol. The fourth-order valence-electron chi connectivity index (χ4n) is 14.4. The molecule has 0 amide bonds. The third-order valence-corrected chi connectivity index (χ3v) is 18.4. The first-order chi connectivity index (χ1) is 43.1. The van der Waals surface area contributed by atoms with E-state index in [1.54, 1.807) is 0 Å². The molecule has 2 aromatic heterocycles. The van der Waals surface area contributed by atoms with Crippen LogP contribution in [0.3, 0.4) is 0 Å². The molecule has 1 aliphatic rings. The third kappa shape index (κ3) is 8.25. The van der Waals surface area contributed by atoms with Gasteiger partial charge in [-0.15, -0.1) is 0 Å². The summed E-state index contributed by atoms with van der Waals surface area (Å²) in [5.41, 5.74) is 28.8. The number of aromatic nitrogens is 2. The Hall–Kier alpha value is -11.3. The summed E-state index contributed by atoms with van der Waals surface area (Å²) in [6.07, 6.45) is 0. The van der Waals surface area contributed by atoms with E-state index < -0.39 is 5.41 Å². The Labute approximate surface area is 506 Å². The summed E-state index contributed by atoms with van der Waals surface area (Å²) in [5.74, 6) is 0. The van der Waals surface area contributed by atoms with Gasteiger partial charge in [-0.05, 0) is 173 Å². The van der Waals surface area contributed by atoms with Crippen molar-refractivity contribution in [2.75, 3.05) is 0 Å². The van der Waals surface area contributed by atoms with Crippen LogP contribution in [-0.4, -0.2) is 9.13 Å². The highest BCUT2D eigenvalue weighted by atomic mass is 15.0. The van der Waals surface area contributed by atoms with Crippen molar-refractivity contribution in [1.82, 2.24) is 9.13 Å². The van der Waals surface area contributed by atoms with E-state index >= 15 is 0 Å². The van der Waals surface area contributed by atoms with E-state index in [-0.39, 0.29) is 0 Å². The molecule has 406 valence electrons. The Balaban J connectivity index is 0.631. The van der Waals surface area contributed by atoms with Gasteiger partial charge in [-0.1, -0.05) is 267 Å². The fourth-order valence-corrected chi connectivity index (χ4v) is 14.4. The lowest BCUT2D eigenvalue weighted by Gasteiger charge is -2.34. The largest absolute Gasteiger partial charge is 0.309 e. The van der Waals surface area contributed by atoms with Crippen LogP contribution in [0.1, 0.15) is 22.3 Å². The van der Waals surface area contributed by atoms with Crippen molar-refractivity contribution in [2.24, 2.45) is 0 Å². The molecule has 16 aromatic rings. The average Bonchev–Trinajstić information content (AvgIpc) is 1.68. The predicted octanol–water partition coefficient (Wildman–Crippen LogP) is 22.2. The highest BCUT2D eigenvalue weighted by Gasteiger charge is 2.46. The topological polar surface area (TPSA) is 9.86 Å². The number of rotatable bonds is 10. The first kappa shape index (κ1) is 50.2. The van der Waals surface area contributed by atoms with Crippen LogP contribution in [0.2, 0.25) is 0 Å². The van der Waals surface area contributed by atoms with Crippen molar-refractivity contribution in [3.63, 3.8) is 0 Å². The smallest absolute Gasteiger partial charge is 0.0713 e. The molecule has 1 aliphatic carbocycles. The lowest BCUT2D eigenvalue weighted by Crippen LogP contribution is -2.28. The minimum absolute atomic E-state index is 0.439. The van der Waals surface area contributed by atoms with Gasteiger partial charge in [0.2, 0.25) is 0 Å². The van der Waals surface area contributed by atoms with Gasteiger partial charge in [-0.2, -0.15) is 0 Å². The Kier molecular flexibility index (Phi) is 11.8. The summed E-state index contributed by atoms with van der Waals surface area (Å²) in [5, 5.41) is 4.96. The molecule has 2 heteroatoms. The molecule has 0 spiro atoms. The number of hydrogen-bond acceptors (Lipinski definition) is 0. The van der Waals surface area contributed by atoms with Gasteiger partial charge < -0.3 is 9.13 Å². The van der Waals surface area contributed by atoms with Crippen LogP contribution >= 0.6 is 0 Å². The Bertz CT molecular complexity index is 5250. The molecule has 87 heavy (non-hydrogen) atoms. The lowest BCUT2D eigenvalue weighted by molar-refractivity contribution is 0.769. The molecule has 0 atom stereocenters. The van der Waals surface area contributed by atoms with Crippen LogP contribution in [-0.2, 0) is 5.41 Å². The van der Waals surface area contributed by atoms with E-state index in [2.05, 4.69) is 349 Å². The molecule has 0 N–H and O–H groups in total. The van der Waals surface area contributed by atoms with E-state index in [1.807, 2.05) is 0 Å². The maximum Gasteiger partial charge on any atom is 0.0713 e. The molecule has 0 bridgehead atoms. The molecule has 2 nitrogen and oxygen atoms in total. The first-order valence-electron chi connectivity index (χ1n) is 30.1. The predicted molar refractivity (Wildman–Crippen MR) is 365 cm³/mol. The summed E-state index contributed by atoms with van der Waals surface area (Å²) < 4.78 is 4.82. The second-order valence-electron chi connectivity index (χ2n) is 23.2. The number of benzene rings is 14. The van der Waals surface area contributed by atoms with Gasteiger partial charge in [0.1, 0.15) is 0 Å². The van der Waals surface area contributed by atoms with E-state index in [0.717, 1.165) is 11.4 Å². The second kappa shape index (κ2) is 20.5. The van der Waals surface area contributed by atoms with E-state index in [1.165, 1.54) is 144 Å². The first-order valence-corrected chi connectivity index (χ1v) is 30.1. The lowest BCUT2D eigenvalue weighted by atomic mass is 9.67. The SMILES string of the molecule is c1ccc(-c2cccc(-n3c4ccccc4c4cc(-c5ccc6c(c5)c5ccccc5n6-c5ccc(-c6ccc(-c7ccc(-c8cccc(-c9cccc(C%10(c%11ccccc%11)c%11ccccc%11-c%11ccccc%11%10)c9)c8)cc7)cc6)cc5)ccc43)c2)cc1. The molecule has 0 saturated carbocycles. The van der Waals surface area contributed by atoms with Crippen molar-refractivity contribution < 1.29 is 0 Å². The maximum absolute atomic E-state index is 2.42. The van der Waals surface area contributed by atoms with Crippen LogP contribution in [0.15, 0.2) is 340 Å². The summed E-state index contributed by atoms with van der Waals surface area (Å²) >= 11 is 0. The van der Waals surface area contributed by atoms with Gasteiger partial charge in [0.25, 0.3) is 0 Å². The molecule has 17 rings (SSSR count). The normalized spacial score (nSPS) is 12.5. The van der Waals surface area contributed by atoms with Crippen LogP contribution in [0, 0.1) is 0 Å². The summed E-state index contributed by atoms with van der Waals surface area (Å²) in [6.45, 7) is 0. The Morgan fingerprint density at radius 1 is 0.184 bits per heavy atom. The molecular formula is C85H56N2. The molecule has 2 heterocycles. The van der Waals surface area contributed by atoms with Gasteiger partial charge in [0.05, 0.1) is 27.5 Å². The van der Waals surface area contributed by atoms with Crippen molar-refractivity contribution >= 4 is 43.6 Å². The van der Waals surface area contributed by atoms with Crippen molar-refractivity contribution in [3.05, 3.63) is 362 Å². The Morgan fingerprint density at radius 2 is 0.529 bits per heavy atom. The third-order valence-electron chi connectivity index (χ3n) is 18.4. The van der Waals surface area contributed by atoms with Crippen LogP contribution in [0.4, 0.5) is 0 Å². The fraction of sp³-hybridized carbons (Fsp3) is 0.0118. The number of nitrogens with zero attached hydrogens (tertiary/aromatic N) is 2. The van der Waals surface area contributed by atoms with Crippen LogP contribution in [0.25, 0.3) is 133 Å². The van der Waals surface area contributed by atoms with Gasteiger partial charge in [-0.25, -0.2) is 0 Å². The minimum atomic E-state index is -0.439. The molecule has 0 saturated heterocycles. The van der Waals surface area contributed by atoms with E-state index in [4.69, 9.17) is 0 Å². The standard InChI is InChI=1S/C85H56N2/c1-3-18-57(19-4-1)66-23-17-27-72(54-66)87-82-35-14-10-31-76(82)78-56-68(47-51-84(78)87)67-46-50-83-77(55-67)75-30-9-13-34-81(75)86(83)71-48-44-61(45-49-71)60-38-36-58(37-39-60)59-40-42-62(43-41-59)63-20-15-21-64(52-63)65-22-16-26-70(53-65)85(69-24-5-2-6-25-69)79-32-11-7-28-73(79)74-29-8-12-33-80(74)85/h1-56H. The molecule has 0 unspecified atom stereocenters. The van der Waals surface area contributed by atoms with Gasteiger partial charge >= 0.3 is 0 Å². The highest BCUT2D eigenvalue weighted by molar-refractivity contribution is 6.13. The number of hydrogen-bond donors (Lipinski definition) is 0. The van der Waals surface area contributed by atoms with E-state index in [0.29, 0.717) is 0 Å². The molecular weight excluding hydrogens is 1050 g/mol. The van der Waals surface area contributed by atoms with Crippen LogP contribution in [0.5, 0.6) is 0 Å². The highest BCUT2D eigenvalue weighted by Crippen LogP contribution is 2.56. The second-order valence-corrected chi connectivity index (χ2v) is 23.2. The van der Waals surface area contributed by atoms with Gasteiger partial charge in [-0.3, -0.25) is 0 Å². The van der Waals surface area contributed by atoms with Gasteiger partial charge in [0.15, 0.2) is 0 Å². The zero-order valence-corrected chi connectivity index (χ0v) is 47.7. The zero-order chi connectivity index (χ0) is 57.4. The summed E-state index contributed by atoms with van der Waals surface area (Å²) in [7, 11) is 0. The van der Waals surface area contributed by atoms with Crippen molar-refractivity contribution in [3.8, 4) is 89.3 Å². The number of fused-ring (bicyclic) bond motifs is 9. The van der Waals surface area contributed by atoms with Crippen molar-refractivity contribution in [2.45, 2.75) is 5.41 Å². The zero-order valence-electron chi connectivity index (χ0n) is 47.7. The monoisotopic (exact) mass is 1100 g/mol. The summed E-state index contributed by atoms with van der Waals surface area (Å²) in [4.78, 5) is 0. The molecule has 0 fully saturated rings. The number of para-hydroxylation sites is 2. The quantitative estimate of drug-likeness (QED) is 0.129. The molecule has 0 radical (unpaired) electrons. The molecule has 0 aliphatic heterocycles. The summed E-state index contributed by atoms with van der Waals surface area (Å²) in [6, 6.07) is 125.